The molecule has 0 aromatic rings. The third-order valence-corrected chi connectivity index (χ3v) is 0.287. The zero-order valence-electron chi connectivity index (χ0n) is 4.58. The van der Waals surface area contributed by atoms with Crippen molar-refractivity contribution in [2.45, 2.75) is 13.8 Å². The average Bonchev–Trinajstić information content (AvgIpc) is 1.27. The summed E-state index contributed by atoms with van der Waals surface area (Å²) in [5, 5.41) is 0. The fourth-order valence-corrected chi connectivity index (χ4v) is 0.202. The monoisotopic (exact) mass is 158 g/mol. The van der Waals surface area contributed by atoms with Gasteiger partial charge in [0.1, 0.15) is 0 Å². The van der Waals surface area contributed by atoms with Crippen LogP contribution in [0.25, 0.3) is 0 Å². The van der Waals surface area contributed by atoms with E-state index in [9.17, 15) is 9.59 Å². The maximum absolute atomic E-state index is 9.81. The SMILES string of the molecule is CC(=O)OC(C)=O.[Fe+3]. The van der Waals surface area contributed by atoms with E-state index in [1.54, 1.807) is 0 Å². The van der Waals surface area contributed by atoms with E-state index in [2.05, 4.69) is 4.74 Å². The van der Waals surface area contributed by atoms with Crippen LogP contribution in [-0.2, 0) is 31.4 Å². The average molecular weight is 158 g/mol. The minimum atomic E-state index is -0.562. The van der Waals surface area contributed by atoms with Crippen molar-refractivity contribution in [3.8, 4) is 0 Å². The molecule has 0 heterocycles. The summed E-state index contributed by atoms with van der Waals surface area (Å²) < 4.78 is 3.97. The van der Waals surface area contributed by atoms with E-state index in [4.69, 9.17) is 0 Å². The predicted octanol–water partition coefficient (Wildman–Crippen LogP) is 0.0935. The molecule has 4 heteroatoms. The Bertz CT molecular complexity index is 87.5. The van der Waals surface area contributed by atoms with Crippen LogP contribution in [0.4, 0.5) is 0 Å². The first-order valence-corrected chi connectivity index (χ1v) is 1.82. The first kappa shape index (κ1) is 10.6. The van der Waals surface area contributed by atoms with Crippen molar-refractivity contribution in [3.63, 3.8) is 0 Å². The molecular weight excluding hydrogens is 152 g/mol. The molecule has 0 amide bonds. The Morgan fingerprint density at radius 3 is 1.38 bits per heavy atom. The minimum absolute atomic E-state index is 0. The van der Waals surface area contributed by atoms with E-state index in [0.717, 1.165) is 0 Å². The van der Waals surface area contributed by atoms with Crippen molar-refractivity contribution >= 4 is 11.9 Å². The van der Waals surface area contributed by atoms with Crippen LogP contribution in [0.15, 0.2) is 0 Å². The Kier molecular flexibility index (Phi) is 6.38. The molecule has 3 nitrogen and oxygen atoms in total. The molecule has 0 atom stereocenters. The van der Waals surface area contributed by atoms with Crippen molar-refractivity contribution in [1.29, 1.82) is 0 Å². The summed E-state index contributed by atoms with van der Waals surface area (Å²) in [4.78, 5) is 19.6. The summed E-state index contributed by atoms with van der Waals surface area (Å²) in [6, 6.07) is 0. The smallest absolute Gasteiger partial charge is 0.394 e. The fourth-order valence-electron chi connectivity index (χ4n) is 0.202. The number of ether oxygens (including phenoxy) is 1. The third-order valence-electron chi connectivity index (χ3n) is 0.287. The van der Waals surface area contributed by atoms with Gasteiger partial charge in [0.15, 0.2) is 0 Å². The van der Waals surface area contributed by atoms with Crippen LogP contribution in [0.3, 0.4) is 0 Å². The van der Waals surface area contributed by atoms with Crippen molar-refractivity contribution in [2.24, 2.45) is 0 Å². The van der Waals surface area contributed by atoms with Crippen LogP contribution in [-0.4, -0.2) is 11.9 Å². The first-order chi connectivity index (χ1) is 3.13. The Labute approximate surface area is 57.9 Å². The topological polar surface area (TPSA) is 43.4 Å². The number of hydrogen-bond donors (Lipinski definition) is 0. The van der Waals surface area contributed by atoms with E-state index in [0.29, 0.717) is 0 Å². The Morgan fingerprint density at radius 2 is 1.38 bits per heavy atom. The Morgan fingerprint density at radius 1 is 1.12 bits per heavy atom. The molecule has 0 aromatic heterocycles. The number of carbonyl (C=O) groups is 2. The molecule has 0 aliphatic carbocycles. The summed E-state index contributed by atoms with van der Waals surface area (Å²) in [6.07, 6.45) is 0. The van der Waals surface area contributed by atoms with Crippen LogP contribution >= 0.6 is 0 Å². The summed E-state index contributed by atoms with van der Waals surface area (Å²) in [5.74, 6) is -1.12. The standard InChI is InChI=1S/C4H6O3.Fe/c1-3(5)7-4(2)6;/h1-2H3;/q;+3. The number of carbonyl (C=O) groups excluding carboxylic acids is 2. The second kappa shape index (κ2) is 4.81. The fraction of sp³-hybridized carbons (Fsp3) is 0.500. The number of esters is 2. The van der Waals surface area contributed by atoms with Crippen LogP contribution in [0.5, 0.6) is 0 Å². The maximum atomic E-state index is 9.81. The normalized spacial score (nSPS) is 6.75. The molecular formula is C4H6FeO3+3. The Hall–Kier alpha value is -0.341. The molecule has 0 saturated heterocycles. The van der Waals surface area contributed by atoms with Crippen molar-refractivity contribution < 1.29 is 31.4 Å². The van der Waals surface area contributed by atoms with Crippen molar-refractivity contribution in [1.82, 2.24) is 0 Å². The molecule has 0 fully saturated rings. The van der Waals surface area contributed by atoms with Crippen molar-refractivity contribution in [2.75, 3.05) is 0 Å². The quantitative estimate of drug-likeness (QED) is 0.285. The van der Waals surface area contributed by atoms with Gasteiger partial charge in [-0.25, -0.2) is 0 Å². The van der Waals surface area contributed by atoms with Crippen LogP contribution in [0.2, 0.25) is 0 Å². The van der Waals surface area contributed by atoms with Crippen LogP contribution in [0.1, 0.15) is 13.8 Å². The van der Waals surface area contributed by atoms with Gasteiger partial charge in [-0.1, -0.05) is 0 Å². The van der Waals surface area contributed by atoms with Gasteiger partial charge in [0, 0.05) is 13.8 Å². The van der Waals surface area contributed by atoms with Gasteiger partial charge >= 0.3 is 29.0 Å². The van der Waals surface area contributed by atoms with Gasteiger partial charge in [0.25, 0.3) is 0 Å². The van der Waals surface area contributed by atoms with Crippen LogP contribution < -0.4 is 0 Å². The largest absolute Gasteiger partial charge is 3.00 e. The summed E-state index contributed by atoms with van der Waals surface area (Å²) >= 11 is 0. The molecule has 0 rings (SSSR count). The molecule has 8 heavy (non-hydrogen) atoms. The number of rotatable bonds is 0. The van der Waals surface area contributed by atoms with Gasteiger partial charge in [-0.15, -0.1) is 0 Å². The molecule has 45 valence electrons. The second-order valence-electron chi connectivity index (χ2n) is 1.09. The van der Waals surface area contributed by atoms with Gasteiger partial charge in [-0.05, 0) is 0 Å². The summed E-state index contributed by atoms with van der Waals surface area (Å²) in [6.45, 7) is 2.36. The maximum Gasteiger partial charge on any atom is 3.00 e. The molecule has 0 bridgehead atoms. The zero-order chi connectivity index (χ0) is 5.86. The molecule has 0 unspecified atom stereocenters. The molecule has 0 saturated carbocycles. The van der Waals surface area contributed by atoms with E-state index < -0.39 is 11.9 Å². The van der Waals surface area contributed by atoms with E-state index >= 15 is 0 Å². The minimum Gasteiger partial charge on any atom is -0.394 e. The Balaban J connectivity index is 0. The summed E-state index contributed by atoms with van der Waals surface area (Å²) in [5.41, 5.74) is 0. The van der Waals surface area contributed by atoms with E-state index in [1.165, 1.54) is 13.8 Å². The van der Waals surface area contributed by atoms with Gasteiger partial charge in [0.2, 0.25) is 0 Å². The second-order valence-corrected chi connectivity index (χ2v) is 1.09. The predicted molar refractivity (Wildman–Crippen MR) is 22.4 cm³/mol. The molecule has 0 spiro atoms. The first-order valence-electron chi connectivity index (χ1n) is 1.82. The molecule has 1 radical (unpaired) electrons. The van der Waals surface area contributed by atoms with Gasteiger partial charge in [0.05, 0.1) is 0 Å². The van der Waals surface area contributed by atoms with E-state index in [-0.39, 0.29) is 17.1 Å². The molecule has 0 aliphatic heterocycles. The van der Waals surface area contributed by atoms with Gasteiger partial charge in [-0.3, -0.25) is 9.59 Å². The van der Waals surface area contributed by atoms with Gasteiger partial charge in [-0.2, -0.15) is 0 Å². The molecule has 0 N–H and O–H groups in total. The third kappa shape index (κ3) is 9.18. The van der Waals surface area contributed by atoms with Gasteiger partial charge < -0.3 is 4.74 Å². The summed E-state index contributed by atoms with van der Waals surface area (Å²) in [7, 11) is 0. The van der Waals surface area contributed by atoms with Crippen LogP contribution in [0, 0.1) is 0 Å². The van der Waals surface area contributed by atoms with E-state index in [1.807, 2.05) is 0 Å². The van der Waals surface area contributed by atoms with Crippen molar-refractivity contribution in [3.05, 3.63) is 0 Å². The number of hydrogen-bond acceptors (Lipinski definition) is 3. The zero-order valence-corrected chi connectivity index (χ0v) is 5.68. The molecule has 0 aliphatic rings. The molecule has 0 aromatic carbocycles.